The lowest BCUT2D eigenvalue weighted by molar-refractivity contribution is -0.120. The topological polar surface area (TPSA) is 124 Å². The number of fused-ring (bicyclic) bond motifs is 1. The summed E-state index contributed by atoms with van der Waals surface area (Å²) in [4.78, 5) is 12.6. The van der Waals surface area contributed by atoms with E-state index in [0.29, 0.717) is 43.2 Å². The zero-order valence-electron chi connectivity index (χ0n) is 15.3. The monoisotopic (exact) mass is 408 g/mol. The van der Waals surface area contributed by atoms with E-state index in [9.17, 15) is 13.2 Å². The average molecular weight is 408 g/mol. The van der Waals surface area contributed by atoms with Crippen LogP contribution < -0.4 is 14.8 Å². The third-order valence-electron chi connectivity index (χ3n) is 4.63. The molecule has 2 aliphatic heterocycles. The number of piperidine rings is 1. The second kappa shape index (κ2) is 7.40. The van der Waals surface area contributed by atoms with Gasteiger partial charge < -0.3 is 13.9 Å². The maximum Gasteiger partial charge on any atom is 0.322 e. The lowest BCUT2D eigenvalue weighted by Crippen LogP contribution is -2.49. The number of nitrogens with zero attached hydrogens (tertiary/aromatic N) is 3. The Morgan fingerprint density at radius 1 is 1.18 bits per heavy atom. The van der Waals surface area contributed by atoms with Crippen molar-refractivity contribution < 1.29 is 27.1 Å². The van der Waals surface area contributed by atoms with E-state index in [1.54, 1.807) is 18.2 Å². The Hall–Kier alpha value is -2.66. The SMILES string of the molecule is CS(=O)(=O)N1CCCC[C@@H]1C(=O)Nc1nnc(-c2ccc3c(c2)OCCO3)o1. The molecular formula is C17H20N4O6S. The summed E-state index contributed by atoms with van der Waals surface area (Å²) in [5.74, 6) is 0.943. The van der Waals surface area contributed by atoms with Crippen LogP contribution in [-0.4, -0.2) is 60.9 Å². The number of hydrogen-bond acceptors (Lipinski definition) is 8. The third kappa shape index (κ3) is 3.80. The van der Waals surface area contributed by atoms with E-state index in [-0.39, 0.29) is 11.9 Å². The number of carbonyl (C=O) groups is 1. The third-order valence-corrected chi connectivity index (χ3v) is 5.92. The summed E-state index contributed by atoms with van der Waals surface area (Å²) in [7, 11) is -3.48. The fraction of sp³-hybridized carbons (Fsp3) is 0.471. The van der Waals surface area contributed by atoms with Crippen molar-refractivity contribution in [1.29, 1.82) is 0 Å². The molecule has 0 aliphatic carbocycles. The number of aromatic nitrogens is 2. The minimum atomic E-state index is -3.48. The fourth-order valence-electron chi connectivity index (χ4n) is 3.32. The van der Waals surface area contributed by atoms with Gasteiger partial charge in [-0.15, -0.1) is 5.10 Å². The first-order chi connectivity index (χ1) is 13.4. The van der Waals surface area contributed by atoms with Gasteiger partial charge in [-0.3, -0.25) is 10.1 Å². The summed E-state index contributed by atoms with van der Waals surface area (Å²) in [5.41, 5.74) is 0.618. The number of sulfonamides is 1. The van der Waals surface area contributed by atoms with Crippen LogP contribution >= 0.6 is 0 Å². The first-order valence-corrected chi connectivity index (χ1v) is 10.8. The summed E-state index contributed by atoms with van der Waals surface area (Å²) in [6, 6.07) is 4.35. The quantitative estimate of drug-likeness (QED) is 0.802. The maximum atomic E-state index is 12.6. The lowest BCUT2D eigenvalue weighted by atomic mass is 10.0. The molecule has 1 fully saturated rings. The van der Waals surface area contributed by atoms with Crippen LogP contribution in [-0.2, 0) is 14.8 Å². The van der Waals surface area contributed by atoms with Crippen LogP contribution in [0.15, 0.2) is 22.6 Å². The van der Waals surface area contributed by atoms with E-state index in [0.717, 1.165) is 19.1 Å². The van der Waals surface area contributed by atoms with Crippen LogP contribution in [0, 0.1) is 0 Å². The van der Waals surface area contributed by atoms with Gasteiger partial charge in [0, 0.05) is 12.1 Å². The van der Waals surface area contributed by atoms with Gasteiger partial charge in [-0.2, -0.15) is 4.31 Å². The second-order valence-corrected chi connectivity index (χ2v) is 8.58. The molecule has 1 aromatic carbocycles. The summed E-state index contributed by atoms with van der Waals surface area (Å²) in [6.45, 7) is 1.28. The molecule has 1 saturated heterocycles. The number of nitrogens with one attached hydrogen (secondary N) is 1. The largest absolute Gasteiger partial charge is 0.486 e. The number of benzene rings is 1. The molecule has 1 atom stereocenters. The van der Waals surface area contributed by atoms with Gasteiger partial charge in [0.2, 0.25) is 21.8 Å². The van der Waals surface area contributed by atoms with Crippen molar-refractivity contribution in [1.82, 2.24) is 14.5 Å². The predicted molar refractivity (Wildman–Crippen MR) is 98.5 cm³/mol. The van der Waals surface area contributed by atoms with E-state index in [2.05, 4.69) is 15.5 Å². The molecule has 0 bridgehead atoms. The van der Waals surface area contributed by atoms with E-state index in [1.165, 1.54) is 4.31 Å². The van der Waals surface area contributed by atoms with Gasteiger partial charge in [-0.25, -0.2) is 8.42 Å². The molecule has 1 amide bonds. The van der Waals surface area contributed by atoms with Gasteiger partial charge in [0.1, 0.15) is 19.3 Å². The molecule has 10 nitrogen and oxygen atoms in total. The summed E-state index contributed by atoms with van der Waals surface area (Å²) in [6.07, 6.45) is 3.05. The van der Waals surface area contributed by atoms with Crippen molar-refractivity contribution >= 4 is 21.9 Å². The molecule has 0 spiro atoms. The van der Waals surface area contributed by atoms with Crippen molar-refractivity contribution in [3.05, 3.63) is 18.2 Å². The molecule has 0 radical (unpaired) electrons. The van der Waals surface area contributed by atoms with Gasteiger partial charge in [0.15, 0.2) is 11.5 Å². The Morgan fingerprint density at radius 2 is 1.96 bits per heavy atom. The Balaban J connectivity index is 1.49. The minimum absolute atomic E-state index is 0.0890. The molecule has 3 heterocycles. The van der Waals surface area contributed by atoms with E-state index in [1.807, 2.05) is 0 Å². The van der Waals surface area contributed by atoms with Crippen LogP contribution in [0.1, 0.15) is 19.3 Å². The van der Waals surface area contributed by atoms with Gasteiger partial charge in [-0.05, 0) is 31.0 Å². The average Bonchev–Trinajstić information content (AvgIpc) is 3.15. The van der Waals surface area contributed by atoms with Crippen LogP contribution in [0.2, 0.25) is 0 Å². The molecule has 4 rings (SSSR count). The summed E-state index contributed by atoms with van der Waals surface area (Å²) < 4.78 is 41.6. The van der Waals surface area contributed by atoms with Crippen molar-refractivity contribution in [2.24, 2.45) is 0 Å². The molecule has 150 valence electrons. The first kappa shape index (κ1) is 18.7. The molecular weight excluding hydrogens is 388 g/mol. The fourth-order valence-corrected chi connectivity index (χ4v) is 4.44. The van der Waals surface area contributed by atoms with Gasteiger partial charge in [-0.1, -0.05) is 11.5 Å². The predicted octanol–water partition coefficient (Wildman–Crippen LogP) is 1.26. The smallest absolute Gasteiger partial charge is 0.322 e. The van der Waals surface area contributed by atoms with Crippen molar-refractivity contribution in [2.45, 2.75) is 25.3 Å². The molecule has 28 heavy (non-hydrogen) atoms. The highest BCUT2D eigenvalue weighted by atomic mass is 32.2. The highest BCUT2D eigenvalue weighted by Gasteiger charge is 2.35. The second-order valence-electron chi connectivity index (χ2n) is 6.65. The Kier molecular flexibility index (Phi) is 4.94. The molecule has 0 unspecified atom stereocenters. The van der Waals surface area contributed by atoms with Gasteiger partial charge in [0.25, 0.3) is 0 Å². The maximum absolute atomic E-state index is 12.6. The first-order valence-electron chi connectivity index (χ1n) is 8.93. The van der Waals surface area contributed by atoms with Crippen molar-refractivity contribution in [3.63, 3.8) is 0 Å². The van der Waals surface area contributed by atoms with Crippen LogP contribution in [0.25, 0.3) is 11.5 Å². The molecule has 2 aliphatic rings. The van der Waals surface area contributed by atoms with Gasteiger partial charge >= 0.3 is 6.01 Å². The number of amides is 1. The van der Waals surface area contributed by atoms with E-state index >= 15 is 0 Å². The summed E-state index contributed by atoms with van der Waals surface area (Å²) in [5, 5.41) is 10.3. The molecule has 2 aromatic rings. The number of hydrogen-bond donors (Lipinski definition) is 1. The molecule has 1 N–H and O–H groups in total. The standard InChI is InChI=1S/C17H20N4O6S/c1-28(23,24)21-7-3-2-4-12(21)15(22)18-17-20-19-16(27-17)11-5-6-13-14(10-11)26-9-8-25-13/h5-6,10,12H,2-4,7-9H2,1H3,(H,18,20,22)/t12-/m1/s1. The van der Waals surface area contributed by atoms with Crippen LogP contribution in [0.3, 0.4) is 0 Å². The van der Waals surface area contributed by atoms with E-state index < -0.39 is 22.0 Å². The van der Waals surface area contributed by atoms with Crippen molar-refractivity contribution in [2.75, 3.05) is 31.3 Å². The zero-order chi connectivity index (χ0) is 19.7. The molecule has 11 heteroatoms. The summed E-state index contributed by atoms with van der Waals surface area (Å²) >= 11 is 0. The Bertz CT molecular complexity index is 989. The highest BCUT2D eigenvalue weighted by Crippen LogP contribution is 2.34. The van der Waals surface area contributed by atoms with Crippen LogP contribution in [0.4, 0.5) is 6.01 Å². The lowest BCUT2D eigenvalue weighted by Gasteiger charge is -2.32. The Labute approximate surface area is 161 Å². The minimum Gasteiger partial charge on any atom is -0.486 e. The normalized spacial score (nSPS) is 20.0. The number of carbonyl (C=O) groups excluding carboxylic acids is 1. The number of anilines is 1. The molecule has 1 aromatic heterocycles. The number of rotatable bonds is 4. The van der Waals surface area contributed by atoms with Crippen molar-refractivity contribution in [3.8, 4) is 23.0 Å². The molecule has 0 saturated carbocycles. The van der Waals surface area contributed by atoms with Crippen LogP contribution in [0.5, 0.6) is 11.5 Å². The number of ether oxygens (including phenoxy) is 2. The highest BCUT2D eigenvalue weighted by molar-refractivity contribution is 7.88. The zero-order valence-corrected chi connectivity index (χ0v) is 16.1. The Morgan fingerprint density at radius 3 is 2.75 bits per heavy atom. The van der Waals surface area contributed by atoms with E-state index in [4.69, 9.17) is 13.9 Å². The van der Waals surface area contributed by atoms with Gasteiger partial charge in [0.05, 0.1) is 6.26 Å².